The third-order valence-electron chi connectivity index (χ3n) is 2.59. The van der Waals surface area contributed by atoms with Crippen molar-refractivity contribution >= 4 is 5.97 Å². The summed E-state index contributed by atoms with van der Waals surface area (Å²) in [5.41, 5.74) is 0. The molecule has 1 unspecified atom stereocenters. The molecule has 0 radical (unpaired) electrons. The van der Waals surface area contributed by atoms with Crippen LogP contribution in [0, 0.1) is 5.92 Å². The summed E-state index contributed by atoms with van der Waals surface area (Å²) in [4.78, 5) is 10.4. The van der Waals surface area contributed by atoms with Gasteiger partial charge in [-0.2, -0.15) is 0 Å². The van der Waals surface area contributed by atoms with Crippen LogP contribution in [0.4, 0.5) is 0 Å². The minimum atomic E-state index is -0.954. The zero-order valence-electron chi connectivity index (χ0n) is 13.4. The van der Waals surface area contributed by atoms with Gasteiger partial charge in [0.15, 0.2) is 0 Å². The first-order chi connectivity index (χ1) is 10.3. The third kappa shape index (κ3) is 21.5. The molecule has 0 fully saturated rings. The fourth-order valence-corrected chi connectivity index (χ4v) is 1.07. The molecule has 0 spiro atoms. The topological polar surface area (TPSA) is 159 Å². The Hall–Kier alpha value is -0.770. The van der Waals surface area contributed by atoms with E-state index in [1.54, 1.807) is 0 Å². The number of carboxylic acid groups (broad SMARTS) is 1. The summed E-state index contributed by atoms with van der Waals surface area (Å²) >= 11 is 0. The van der Waals surface area contributed by atoms with Crippen molar-refractivity contribution in [3.05, 3.63) is 0 Å². The molecule has 0 aliphatic rings. The molecule has 0 aromatic heterocycles. The lowest BCUT2D eigenvalue weighted by molar-refractivity contribution is -0.142. The number of unbranched alkanes of at least 4 members (excludes halogenated alkanes) is 1. The first-order valence-electron chi connectivity index (χ1n) is 7.36. The van der Waals surface area contributed by atoms with Crippen molar-refractivity contribution in [2.75, 3.05) is 26.4 Å². The number of rotatable bonds is 9. The second-order valence-corrected chi connectivity index (χ2v) is 4.62. The van der Waals surface area contributed by atoms with Crippen molar-refractivity contribution in [2.24, 2.45) is 5.92 Å². The monoisotopic (exact) mass is 328 g/mol. The van der Waals surface area contributed by atoms with E-state index < -0.39 is 18.2 Å². The number of carboxylic acids is 1. The van der Waals surface area contributed by atoms with Crippen LogP contribution in [0.5, 0.6) is 0 Å². The third-order valence-corrected chi connectivity index (χ3v) is 2.59. The Morgan fingerprint density at radius 2 is 1.23 bits per heavy atom. The predicted molar refractivity (Wildman–Crippen MR) is 81.3 cm³/mol. The van der Waals surface area contributed by atoms with Crippen LogP contribution < -0.4 is 0 Å². The molecule has 0 saturated carbocycles. The fourth-order valence-electron chi connectivity index (χ4n) is 1.07. The zero-order chi connectivity index (χ0) is 18.0. The molecular formula is C14H32O8. The van der Waals surface area contributed by atoms with Gasteiger partial charge >= 0.3 is 5.97 Å². The molecule has 1 atom stereocenters. The first kappa shape index (κ1) is 26.1. The van der Waals surface area contributed by atoms with E-state index in [1.165, 1.54) is 0 Å². The molecule has 0 aliphatic heterocycles. The lowest BCUT2D eigenvalue weighted by Gasteiger charge is -2.06. The van der Waals surface area contributed by atoms with E-state index in [-0.39, 0.29) is 32.3 Å². The van der Waals surface area contributed by atoms with Crippen LogP contribution in [-0.2, 0) is 4.79 Å². The Bertz CT molecular complexity index is 207. The molecule has 8 nitrogen and oxygen atoms in total. The van der Waals surface area contributed by atoms with Crippen molar-refractivity contribution in [2.45, 2.75) is 51.7 Å². The van der Waals surface area contributed by atoms with Gasteiger partial charge in [-0.1, -0.05) is 26.7 Å². The average molecular weight is 328 g/mol. The molecule has 0 rings (SSSR count). The van der Waals surface area contributed by atoms with Crippen LogP contribution in [0.25, 0.3) is 0 Å². The minimum absolute atomic E-state index is 0.111. The molecule has 0 aromatic rings. The predicted octanol–water partition coefficient (Wildman–Crippen LogP) is -1.05. The number of carbonyl (C=O) groups is 1. The maximum Gasteiger partial charge on any atom is 0.306 e. The molecule has 0 saturated heterocycles. The summed E-state index contributed by atoms with van der Waals surface area (Å²) in [6.45, 7) is 2.54. The standard InChI is InChI=1S/C8H16O2.2C3H8O3/c1-3-5-6-7(4-2)8(9)10;2*4-1-3(6)2-5/h7H,3-6H2,1-2H3,(H,9,10);2*3-6H,1-2H2. The van der Waals surface area contributed by atoms with Gasteiger partial charge in [-0.05, 0) is 12.8 Å². The van der Waals surface area contributed by atoms with Crippen LogP contribution in [-0.4, -0.2) is 80.4 Å². The number of aliphatic carboxylic acids is 1. The smallest absolute Gasteiger partial charge is 0.306 e. The van der Waals surface area contributed by atoms with Gasteiger partial charge in [-0.3, -0.25) is 4.79 Å². The van der Waals surface area contributed by atoms with Crippen molar-refractivity contribution in [1.82, 2.24) is 0 Å². The van der Waals surface area contributed by atoms with Crippen LogP contribution in [0.1, 0.15) is 39.5 Å². The Labute approximate surface area is 131 Å². The van der Waals surface area contributed by atoms with Crippen LogP contribution >= 0.6 is 0 Å². The highest BCUT2D eigenvalue weighted by molar-refractivity contribution is 5.69. The first-order valence-corrected chi connectivity index (χ1v) is 7.36. The Morgan fingerprint density at radius 3 is 1.36 bits per heavy atom. The van der Waals surface area contributed by atoms with Gasteiger partial charge in [0.25, 0.3) is 0 Å². The second-order valence-electron chi connectivity index (χ2n) is 4.62. The number of hydrogen-bond donors (Lipinski definition) is 7. The molecule has 0 bridgehead atoms. The largest absolute Gasteiger partial charge is 0.481 e. The van der Waals surface area contributed by atoms with Crippen LogP contribution in [0.15, 0.2) is 0 Å². The summed E-state index contributed by atoms with van der Waals surface area (Å²) in [6, 6.07) is 0. The van der Waals surface area contributed by atoms with E-state index >= 15 is 0 Å². The summed E-state index contributed by atoms with van der Waals surface area (Å²) < 4.78 is 0. The quantitative estimate of drug-likeness (QED) is 0.282. The Balaban J connectivity index is -0.000000261. The van der Waals surface area contributed by atoms with Gasteiger partial charge in [-0.15, -0.1) is 0 Å². The van der Waals surface area contributed by atoms with Gasteiger partial charge in [0.2, 0.25) is 0 Å². The summed E-state index contributed by atoms with van der Waals surface area (Å²) in [5, 5.41) is 56.6. The van der Waals surface area contributed by atoms with E-state index in [0.29, 0.717) is 0 Å². The molecule has 8 heteroatoms. The maximum absolute atomic E-state index is 10.4. The molecular weight excluding hydrogens is 296 g/mol. The molecule has 7 N–H and O–H groups in total. The van der Waals surface area contributed by atoms with Crippen molar-refractivity contribution in [1.29, 1.82) is 0 Å². The van der Waals surface area contributed by atoms with Gasteiger partial charge in [0.05, 0.1) is 32.3 Å². The van der Waals surface area contributed by atoms with E-state index in [4.69, 9.17) is 35.7 Å². The number of aliphatic hydroxyl groups excluding tert-OH is 6. The Morgan fingerprint density at radius 1 is 0.864 bits per heavy atom. The minimum Gasteiger partial charge on any atom is -0.481 e. The maximum atomic E-state index is 10.4. The summed E-state index contributed by atoms with van der Waals surface area (Å²) in [6.07, 6.45) is 1.81. The molecule has 136 valence electrons. The number of aliphatic hydroxyl groups is 6. The molecule has 0 heterocycles. The highest BCUT2D eigenvalue weighted by atomic mass is 16.4. The molecule has 0 aliphatic carbocycles. The van der Waals surface area contributed by atoms with Crippen molar-refractivity contribution in [3.63, 3.8) is 0 Å². The number of hydrogen-bond acceptors (Lipinski definition) is 7. The molecule has 0 amide bonds. The SMILES string of the molecule is CCCCC(CC)C(=O)O.OCC(O)CO.OCC(O)CO. The molecule has 22 heavy (non-hydrogen) atoms. The lowest BCUT2D eigenvalue weighted by atomic mass is 10.00. The second kappa shape index (κ2) is 20.2. The van der Waals surface area contributed by atoms with Crippen molar-refractivity contribution < 1.29 is 40.5 Å². The van der Waals surface area contributed by atoms with Crippen molar-refractivity contribution in [3.8, 4) is 0 Å². The van der Waals surface area contributed by atoms with Crippen LogP contribution in [0.2, 0.25) is 0 Å². The fraction of sp³-hybridized carbons (Fsp3) is 0.929. The highest BCUT2D eigenvalue weighted by Crippen LogP contribution is 2.11. The normalized spacial score (nSPS) is 11.4. The summed E-state index contributed by atoms with van der Waals surface area (Å²) in [7, 11) is 0. The van der Waals surface area contributed by atoms with Gasteiger partial charge in [0.1, 0.15) is 12.2 Å². The van der Waals surface area contributed by atoms with Gasteiger partial charge < -0.3 is 35.7 Å². The van der Waals surface area contributed by atoms with Gasteiger partial charge in [-0.25, -0.2) is 0 Å². The van der Waals surface area contributed by atoms with E-state index in [0.717, 1.165) is 25.7 Å². The van der Waals surface area contributed by atoms with E-state index in [2.05, 4.69) is 6.92 Å². The zero-order valence-corrected chi connectivity index (χ0v) is 13.4. The molecule has 0 aromatic carbocycles. The van der Waals surface area contributed by atoms with E-state index in [9.17, 15) is 4.79 Å². The van der Waals surface area contributed by atoms with Crippen LogP contribution in [0.3, 0.4) is 0 Å². The average Bonchev–Trinajstić information content (AvgIpc) is 2.54. The van der Waals surface area contributed by atoms with Gasteiger partial charge in [0, 0.05) is 0 Å². The Kier molecular flexibility index (Phi) is 24.0. The lowest BCUT2D eigenvalue weighted by Crippen LogP contribution is -2.15. The highest BCUT2D eigenvalue weighted by Gasteiger charge is 2.12. The summed E-state index contributed by atoms with van der Waals surface area (Å²) in [5.74, 6) is -0.754. The van der Waals surface area contributed by atoms with E-state index in [1.807, 2.05) is 6.92 Å².